The number of carbonyl (C=O) groups is 1. The standard InChI is InChI=1S/C15H17F2N3OS/c1-11-3-5-12(6-4-11)22-10-14(21)19(2)9-13-18-7-8-20(13)15(16)17/h3-8,15H,9-10H2,1-2H3. The van der Waals surface area contributed by atoms with Gasteiger partial charge in [-0.05, 0) is 19.1 Å². The molecular weight excluding hydrogens is 308 g/mol. The van der Waals surface area contributed by atoms with E-state index in [-0.39, 0.29) is 24.0 Å². The number of amides is 1. The third-order valence-electron chi connectivity index (χ3n) is 3.15. The van der Waals surface area contributed by atoms with Crippen molar-refractivity contribution < 1.29 is 13.6 Å². The van der Waals surface area contributed by atoms with Crippen molar-refractivity contribution in [1.82, 2.24) is 14.5 Å². The highest BCUT2D eigenvalue weighted by Crippen LogP contribution is 2.19. The summed E-state index contributed by atoms with van der Waals surface area (Å²) in [5, 5.41) is 0. The first-order chi connectivity index (χ1) is 10.5. The number of alkyl halides is 2. The third kappa shape index (κ3) is 4.30. The van der Waals surface area contributed by atoms with E-state index in [0.29, 0.717) is 0 Å². The van der Waals surface area contributed by atoms with E-state index in [2.05, 4.69) is 4.98 Å². The van der Waals surface area contributed by atoms with Gasteiger partial charge in [0.05, 0.1) is 12.3 Å². The van der Waals surface area contributed by atoms with Crippen molar-refractivity contribution in [3.8, 4) is 0 Å². The van der Waals surface area contributed by atoms with Gasteiger partial charge in [0.2, 0.25) is 5.91 Å². The Bertz CT molecular complexity index is 628. The van der Waals surface area contributed by atoms with Crippen molar-refractivity contribution in [1.29, 1.82) is 0 Å². The molecule has 1 heterocycles. The fraction of sp³-hybridized carbons (Fsp3) is 0.333. The van der Waals surface area contributed by atoms with Gasteiger partial charge in [-0.2, -0.15) is 8.78 Å². The van der Waals surface area contributed by atoms with Crippen LogP contribution < -0.4 is 0 Å². The van der Waals surface area contributed by atoms with Gasteiger partial charge in [-0.25, -0.2) is 4.98 Å². The molecule has 1 amide bonds. The number of rotatable bonds is 6. The second-order valence-corrected chi connectivity index (χ2v) is 5.93. The van der Waals surface area contributed by atoms with E-state index in [1.807, 2.05) is 31.2 Å². The largest absolute Gasteiger partial charge is 0.338 e. The lowest BCUT2D eigenvalue weighted by Gasteiger charge is -2.17. The normalized spacial score (nSPS) is 11.0. The fourth-order valence-corrected chi connectivity index (χ4v) is 2.67. The van der Waals surface area contributed by atoms with Gasteiger partial charge in [0.1, 0.15) is 5.82 Å². The molecule has 2 aromatic rings. The van der Waals surface area contributed by atoms with E-state index in [4.69, 9.17) is 0 Å². The van der Waals surface area contributed by atoms with Crippen LogP contribution in [0.5, 0.6) is 0 Å². The number of thioether (sulfide) groups is 1. The number of halogens is 2. The van der Waals surface area contributed by atoms with Crippen LogP contribution >= 0.6 is 11.8 Å². The molecule has 7 heteroatoms. The topological polar surface area (TPSA) is 38.1 Å². The van der Waals surface area contributed by atoms with Gasteiger partial charge in [-0.15, -0.1) is 11.8 Å². The Morgan fingerprint density at radius 2 is 2.05 bits per heavy atom. The van der Waals surface area contributed by atoms with Crippen LogP contribution in [0.3, 0.4) is 0 Å². The smallest absolute Gasteiger partial charge is 0.319 e. The molecule has 1 aromatic heterocycles. The number of nitrogens with zero attached hydrogens (tertiary/aromatic N) is 3. The molecule has 0 aliphatic carbocycles. The molecule has 0 radical (unpaired) electrons. The SMILES string of the molecule is Cc1ccc(SCC(=O)N(C)Cc2nccn2C(F)F)cc1. The first-order valence-corrected chi connectivity index (χ1v) is 7.69. The van der Waals surface area contributed by atoms with Crippen molar-refractivity contribution in [2.24, 2.45) is 0 Å². The minimum atomic E-state index is -2.65. The minimum absolute atomic E-state index is 0.0601. The summed E-state index contributed by atoms with van der Waals surface area (Å²) in [4.78, 5) is 18.3. The number of carbonyl (C=O) groups excluding carboxylic acids is 1. The first kappa shape index (κ1) is 16.5. The van der Waals surface area contributed by atoms with Crippen LogP contribution in [0.15, 0.2) is 41.6 Å². The van der Waals surface area contributed by atoms with Crippen LogP contribution in [0, 0.1) is 6.92 Å². The molecule has 0 bridgehead atoms. The number of hydrogen-bond donors (Lipinski definition) is 0. The lowest BCUT2D eigenvalue weighted by atomic mass is 10.2. The van der Waals surface area contributed by atoms with E-state index in [1.165, 1.54) is 29.1 Å². The Kier molecular flexibility index (Phi) is 5.54. The summed E-state index contributed by atoms with van der Waals surface area (Å²) in [6.45, 7) is -0.591. The number of aryl methyl sites for hydroxylation is 1. The Morgan fingerprint density at radius 1 is 1.36 bits per heavy atom. The third-order valence-corrected chi connectivity index (χ3v) is 4.14. The Labute approximate surface area is 132 Å². The van der Waals surface area contributed by atoms with Gasteiger partial charge in [0.15, 0.2) is 0 Å². The van der Waals surface area contributed by atoms with Crippen LogP contribution in [-0.4, -0.2) is 33.2 Å². The van der Waals surface area contributed by atoms with E-state index in [9.17, 15) is 13.6 Å². The maximum atomic E-state index is 12.7. The molecule has 4 nitrogen and oxygen atoms in total. The van der Waals surface area contributed by atoms with E-state index in [0.717, 1.165) is 15.0 Å². The average Bonchev–Trinajstić information content (AvgIpc) is 2.94. The molecule has 0 unspecified atom stereocenters. The monoisotopic (exact) mass is 325 g/mol. The van der Waals surface area contributed by atoms with Crippen LogP contribution in [0.1, 0.15) is 17.9 Å². The molecule has 0 aliphatic heterocycles. The summed E-state index contributed by atoms with van der Waals surface area (Å²) in [5.74, 6) is 0.301. The molecule has 2 rings (SSSR count). The molecule has 22 heavy (non-hydrogen) atoms. The number of aromatic nitrogens is 2. The van der Waals surface area contributed by atoms with Crippen LogP contribution in [0.2, 0.25) is 0 Å². The Hall–Kier alpha value is -1.89. The minimum Gasteiger partial charge on any atom is -0.338 e. The van der Waals surface area contributed by atoms with Crippen molar-refractivity contribution in [3.05, 3.63) is 48.0 Å². The molecule has 118 valence electrons. The lowest BCUT2D eigenvalue weighted by Crippen LogP contribution is -2.29. The maximum absolute atomic E-state index is 12.7. The van der Waals surface area contributed by atoms with Gasteiger partial charge < -0.3 is 4.90 Å². The average molecular weight is 325 g/mol. The van der Waals surface area contributed by atoms with E-state index < -0.39 is 6.55 Å². The molecule has 0 N–H and O–H groups in total. The molecule has 0 spiro atoms. The van der Waals surface area contributed by atoms with Gasteiger partial charge >= 0.3 is 6.55 Å². The predicted octanol–water partition coefficient (Wildman–Crippen LogP) is 3.34. The summed E-state index contributed by atoms with van der Waals surface area (Å²) in [6.07, 6.45) is 2.51. The summed E-state index contributed by atoms with van der Waals surface area (Å²) in [5.41, 5.74) is 1.16. The molecule has 1 aromatic carbocycles. The molecule has 0 fully saturated rings. The summed E-state index contributed by atoms with van der Waals surface area (Å²) in [6, 6.07) is 7.87. The number of imidazole rings is 1. The zero-order chi connectivity index (χ0) is 16.1. The van der Waals surface area contributed by atoms with Gasteiger partial charge in [0.25, 0.3) is 0 Å². The predicted molar refractivity (Wildman–Crippen MR) is 81.9 cm³/mol. The zero-order valence-electron chi connectivity index (χ0n) is 12.4. The highest BCUT2D eigenvalue weighted by atomic mass is 32.2. The maximum Gasteiger partial charge on any atom is 0.319 e. The second-order valence-electron chi connectivity index (χ2n) is 4.88. The van der Waals surface area contributed by atoms with Crippen molar-refractivity contribution in [3.63, 3.8) is 0 Å². The van der Waals surface area contributed by atoms with Crippen LogP contribution in [0.25, 0.3) is 0 Å². The summed E-state index contributed by atoms with van der Waals surface area (Å²) >= 11 is 1.42. The highest BCUT2D eigenvalue weighted by molar-refractivity contribution is 8.00. The second kappa shape index (κ2) is 7.40. The highest BCUT2D eigenvalue weighted by Gasteiger charge is 2.16. The van der Waals surface area contributed by atoms with Crippen LogP contribution in [-0.2, 0) is 11.3 Å². The molecular formula is C15H17F2N3OS. The molecule has 0 saturated carbocycles. The van der Waals surface area contributed by atoms with Crippen molar-refractivity contribution in [2.45, 2.75) is 24.9 Å². The molecule has 0 atom stereocenters. The zero-order valence-corrected chi connectivity index (χ0v) is 13.2. The molecule has 0 aliphatic rings. The Morgan fingerprint density at radius 3 is 2.68 bits per heavy atom. The quantitative estimate of drug-likeness (QED) is 0.765. The van der Waals surface area contributed by atoms with Crippen LogP contribution in [0.4, 0.5) is 8.78 Å². The molecule has 0 saturated heterocycles. The van der Waals surface area contributed by atoms with E-state index >= 15 is 0 Å². The van der Waals surface area contributed by atoms with Gasteiger partial charge in [-0.3, -0.25) is 9.36 Å². The van der Waals surface area contributed by atoms with Gasteiger partial charge in [0, 0.05) is 24.3 Å². The fourth-order valence-electron chi connectivity index (χ4n) is 1.83. The van der Waals surface area contributed by atoms with Crippen molar-refractivity contribution in [2.75, 3.05) is 12.8 Å². The Balaban J connectivity index is 1.89. The lowest BCUT2D eigenvalue weighted by molar-refractivity contribution is -0.127. The van der Waals surface area contributed by atoms with E-state index in [1.54, 1.807) is 7.05 Å². The number of hydrogen-bond acceptors (Lipinski definition) is 3. The first-order valence-electron chi connectivity index (χ1n) is 6.70. The summed E-state index contributed by atoms with van der Waals surface area (Å²) in [7, 11) is 1.59. The summed E-state index contributed by atoms with van der Waals surface area (Å²) < 4.78 is 26.2. The number of benzene rings is 1. The van der Waals surface area contributed by atoms with Crippen molar-refractivity contribution >= 4 is 17.7 Å². The van der Waals surface area contributed by atoms with Gasteiger partial charge in [-0.1, -0.05) is 17.7 Å².